The second-order valence-electron chi connectivity index (χ2n) is 3.28. The van der Waals surface area contributed by atoms with Crippen molar-refractivity contribution in [2.24, 2.45) is 0 Å². The topological polar surface area (TPSA) is 159 Å². The van der Waals surface area contributed by atoms with Crippen LogP contribution >= 0.6 is 0 Å². The van der Waals surface area contributed by atoms with Gasteiger partial charge in [-0.3, -0.25) is 9.59 Å². The first-order chi connectivity index (χ1) is 8.73. The van der Waals surface area contributed by atoms with Gasteiger partial charge in [0.1, 0.15) is 0 Å². The largest absolute Gasteiger partial charge is 0.481 e. The van der Waals surface area contributed by atoms with Crippen LogP contribution in [0.15, 0.2) is 0 Å². The molecule has 110 valence electrons. The second-order valence-corrected chi connectivity index (χ2v) is 4.78. The van der Waals surface area contributed by atoms with Gasteiger partial charge in [-0.2, -0.15) is 13.1 Å². The summed E-state index contributed by atoms with van der Waals surface area (Å²) in [5.74, 6) is -2.26. The first-order valence-electron chi connectivity index (χ1n) is 5.10. The van der Waals surface area contributed by atoms with Crippen LogP contribution in [0.25, 0.3) is 0 Å². The fraction of sp³-hybridized carbons (Fsp3) is 0.625. The molecular weight excluding hydrogens is 284 g/mol. The summed E-state index contributed by atoms with van der Waals surface area (Å²) in [6.45, 7) is -0.625. The maximum Gasteiger partial charge on any atom is 0.421 e. The number of carbonyl (C=O) groups is 3. The van der Waals surface area contributed by atoms with Crippen LogP contribution in [0.4, 0.5) is 4.79 Å². The average molecular weight is 298 g/mol. The van der Waals surface area contributed by atoms with Crippen LogP contribution in [0.1, 0.15) is 19.3 Å². The zero-order chi connectivity index (χ0) is 14.9. The van der Waals surface area contributed by atoms with Crippen LogP contribution in [0.3, 0.4) is 0 Å². The summed E-state index contributed by atoms with van der Waals surface area (Å²) in [6.07, 6.45) is -1.87. The molecule has 0 atom stereocenters. The van der Waals surface area contributed by atoms with Gasteiger partial charge in [-0.05, 0) is 6.42 Å². The normalized spacial score (nSPS) is 10.7. The zero-order valence-corrected chi connectivity index (χ0v) is 10.6. The van der Waals surface area contributed by atoms with Crippen molar-refractivity contribution in [3.8, 4) is 0 Å². The van der Waals surface area contributed by atoms with Gasteiger partial charge in [0.15, 0.2) is 0 Å². The van der Waals surface area contributed by atoms with Crippen LogP contribution in [-0.4, -0.2) is 49.8 Å². The maximum atomic E-state index is 11.2. The van der Waals surface area contributed by atoms with E-state index in [0.717, 1.165) is 0 Å². The lowest BCUT2D eigenvalue weighted by atomic mass is 10.3. The number of carboxylic acids is 2. The summed E-state index contributed by atoms with van der Waals surface area (Å²) in [5, 5.41) is 16.6. The molecular formula is C8H14N2O8S. The third-order valence-corrected chi connectivity index (χ3v) is 2.64. The molecule has 0 aromatic rings. The third kappa shape index (κ3) is 11.0. The summed E-state index contributed by atoms with van der Waals surface area (Å²) in [5.41, 5.74) is 0. The molecule has 0 fully saturated rings. The van der Waals surface area contributed by atoms with E-state index in [1.165, 1.54) is 4.72 Å². The van der Waals surface area contributed by atoms with Gasteiger partial charge >= 0.3 is 28.2 Å². The van der Waals surface area contributed by atoms with E-state index < -0.39 is 34.7 Å². The first-order valence-corrected chi connectivity index (χ1v) is 6.59. The highest BCUT2D eigenvalue weighted by Crippen LogP contribution is 1.91. The Morgan fingerprint density at radius 1 is 1.05 bits per heavy atom. The van der Waals surface area contributed by atoms with Gasteiger partial charge in [0.25, 0.3) is 0 Å². The van der Waals surface area contributed by atoms with Crippen LogP contribution in [0.2, 0.25) is 0 Å². The molecule has 10 nitrogen and oxygen atoms in total. The van der Waals surface area contributed by atoms with Crippen molar-refractivity contribution in [2.75, 3.05) is 13.2 Å². The highest BCUT2D eigenvalue weighted by Gasteiger charge is 2.15. The summed E-state index contributed by atoms with van der Waals surface area (Å²) < 4.78 is 30.0. The number of rotatable bonds is 9. The molecule has 0 aliphatic rings. The average Bonchev–Trinajstić information content (AvgIpc) is 2.22. The number of carboxylic acid groups (broad SMARTS) is 2. The SMILES string of the molecule is O=C(O)CCCOC(=O)NS(=O)(=O)NCCC(=O)O. The Labute approximate surface area is 108 Å². The number of hydrogen-bond donors (Lipinski definition) is 4. The number of aliphatic carboxylic acids is 2. The van der Waals surface area contributed by atoms with Gasteiger partial charge < -0.3 is 14.9 Å². The summed E-state index contributed by atoms with van der Waals surface area (Å²) >= 11 is 0. The van der Waals surface area contributed by atoms with Gasteiger partial charge in [-0.15, -0.1) is 0 Å². The molecule has 0 radical (unpaired) electrons. The molecule has 0 bridgehead atoms. The van der Waals surface area contributed by atoms with Gasteiger partial charge in [-0.1, -0.05) is 0 Å². The Balaban J connectivity index is 3.89. The van der Waals surface area contributed by atoms with Crippen LogP contribution in [0, 0.1) is 0 Å². The van der Waals surface area contributed by atoms with Crippen molar-refractivity contribution in [1.82, 2.24) is 9.44 Å². The van der Waals surface area contributed by atoms with Crippen molar-refractivity contribution < 1.29 is 37.8 Å². The molecule has 0 heterocycles. The van der Waals surface area contributed by atoms with Gasteiger partial charge in [-0.25, -0.2) is 9.52 Å². The highest BCUT2D eigenvalue weighted by molar-refractivity contribution is 7.88. The fourth-order valence-corrected chi connectivity index (χ4v) is 1.58. The highest BCUT2D eigenvalue weighted by atomic mass is 32.2. The maximum absolute atomic E-state index is 11.2. The minimum atomic E-state index is -4.18. The molecule has 0 saturated heterocycles. The van der Waals surface area contributed by atoms with E-state index in [9.17, 15) is 22.8 Å². The van der Waals surface area contributed by atoms with Crippen molar-refractivity contribution >= 4 is 28.2 Å². The molecule has 0 aromatic heterocycles. The predicted octanol–water partition coefficient (Wildman–Crippen LogP) is -1.11. The number of nitrogens with one attached hydrogen (secondary N) is 2. The monoisotopic (exact) mass is 298 g/mol. The predicted molar refractivity (Wildman–Crippen MR) is 60.5 cm³/mol. The Kier molecular flexibility index (Phi) is 7.44. The molecule has 4 N–H and O–H groups in total. The fourth-order valence-electron chi connectivity index (χ4n) is 0.856. The van der Waals surface area contributed by atoms with E-state index in [4.69, 9.17) is 10.2 Å². The third-order valence-electron chi connectivity index (χ3n) is 1.62. The van der Waals surface area contributed by atoms with E-state index in [1.807, 2.05) is 4.72 Å². The molecule has 0 aromatic carbocycles. The first kappa shape index (κ1) is 17.1. The summed E-state index contributed by atoms with van der Waals surface area (Å²) in [7, 11) is -4.18. The molecule has 0 aliphatic heterocycles. The number of carbonyl (C=O) groups excluding carboxylic acids is 1. The lowest BCUT2D eigenvalue weighted by Gasteiger charge is -2.07. The molecule has 19 heavy (non-hydrogen) atoms. The van der Waals surface area contributed by atoms with E-state index in [1.54, 1.807) is 0 Å². The molecule has 0 spiro atoms. The Hall–Kier alpha value is -1.88. The van der Waals surface area contributed by atoms with E-state index in [0.29, 0.717) is 0 Å². The lowest BCUT2D eigenvalue weighted by Crippen LogP contribution is -2.41. The lowest BCUT2D eigenvalue weighted by molar-refractivity contribution is -0.138. The van der Waals surface area contributed by atoms with E-state index >= 15 is 0 Å². The van der Waals surface area contributed by atoms with E-state index in [2.05, 4.69) is 4.74 Å². The van der Waals surface area contributed by atoms with Gasteiger partial charge in [0.2, 0.25) is 0 Å². The minimum Gasteiger partial charge on any atom is -0.481 e. The Morgan fingerprint density at radius 3 is 2.16 bits per heavy atom. The second kappa shape index (κ2) is 8.26. The van der Waals surface area contributed by atoms with Crippen molar-refractivity contribution in [1.29, 1.82) is 0 Å². The van der Waals surface area contributed by atoms with Crippen LogP contribution in [0.5, 0.6) is 0 Å². The molecule has 0 saturated carbocycles. The Bertz CT molecular complexity index is 432. The zero-order valence-electron chi connectivity index (χ0n) is 9.79. The number of amides is 1. The van der Waals surface area contributed by atoms with Gasteiger partial charge in [0, 0.05) is 13.0 Å². The minimum absolute atomic E-state index is 0.0508. The van der Waals surface area contributed by atoms with Crippen LogP contribution < -0.4 is 9.44 Å². The quantitative estimate of drug-likeness (QED) is 0.390. The molecule has 0 rings (SSSR count). The number of ether oxygens (including phenoxy) is 1. The van der Waals surface area contributed by atoms with E-state index in [-0.39, 0.29) is 26.0 Å². The summed E-state index contributed by atoms with van der Waals surface area (Å²) in [6, 6.07) is 0. The van der Waals surface area contributed by atoms with Crippen molar-refractivity contribution in [3.63, 3.8) is 0 Å². The standard InChI is InChI=1S/C8H14N2O8S/c11-6(12)2-1-5-18-8(15)10-19(16,17)9-4-3-7(13)14/h9H,1-5H2,(H,10,15)(H,11,12)(H,13,14). The van der Waals surface area contributed by atoms with Crippen molar-refractivity contribution in [2.45, 2.75) is 19.3 Å². The smallest absolute Gasteiger partial charge is 0.421 e. The van der Waals surface area contributed by atoms with Crippen LogP contribution in [-0.2, 0) is 24.5 Å². The molecule has 0 aliphatic carbocycles. The Morgan fingerprint density at radius 2 is 1.63 bits per heavy atom. The van der Waals surface area contributed by atoms with Crippen molar-refractivity contribution in [3.05, 3.63) is 0 Å². The summed E-state index contributed by atoms with van der Waals surface area (Å²) in [4.78, 5) is 31.3. The number of hydrogen-bond acceptors (Lipinski definition) is 6. The molecule has 0 unspecified atom stereocenters. The molecule has 11 heteroatoms. The van der Waals surface area contributed by atoms with Gasteiger partial charge in [0.05, 0.1) is 13.0 Å². The molecule has 1 amide bonds.